The molecule has 0 bridgehead atoms. The van der Waals surface area contributed by atoms with Crippen LogP contribution in [0.4, 0.5) is 4.79 Å². The molecule has 2 saturated heterocycles. The number of methoxy groups -OCH3 is 1. The second kappa shape index (κ2) is 5.77. The summed E-state index contributed by atoms with van der Waals surface area (Å²) in [6, 6.07) is -0.807. The third kappa shape index (κ3) is 2.83. The van der Waals surface area contributed by atoms with E-state index in [1.807, 2.05) is 6.92 Å². The maximum atomic E-state index is 12.4. The standard InChI is InChI=1S/C13H22N2O4/c1-9-3-8-15(11(9)12(16)17)13(18)14-6-4-10(19-2)5-7-14/h9-11H,3-8H2,1-2H3,(H,16,17). The van der Waals surface area contributed by atoms with Crippen LogP contribution in [0.25, 0.3) is 0 Å². The van der Waals surface area contributed by atoms with Gasteiger partial charge in [0.1, 0.15) is 6.04 Å². The Morgan fingerprint density at radius 1 is 1.16 bits per heavy atom. The molecule has 2 atom stereocenters. The molecule has 2 aliphatic heterocycles. The minimum Gasteiger partial charge on any atom is -0.480 e. The highest BCUT2D eigenvalue weighted by Crippen LogP contribution is 2.26. The normalized spacial score (nSPS) is 28.7. The summed E-state index contributed by atoms with van der Waals surface area (Å²) in [7, 11) is 1.69. The number of carbonyl (C=O) groups is 2. The Morgan fingerprint density at radius 3 is 2.32 bits per heavy atom. The van der Waals surface area contributed by atoms with Gasteiger partial charge in [-0.05, 0) is 25.2 Å². The average Bonchev–Trinajstić information content (AvgIpc) is 2.80. The first kappa shape index (κ1) is 14.1. The lowest BCUT2D eigenvalue weighted by Crippen LogP contribution is -2.51. The number of ether oxygens (including phenoxy) is 1. The molecular weight excluding hydrogens is 248 g/mol. The van der Waals surface area contributed by atoms with Crippen molar-refractivity contribution in [3.63, 3.8) is 0 Å². The molecule has 2 aliphatic rings. The first-order chi connectivity index (χ1) is 9.04. The van der Waals surface area contributed by atoms with Gasteiger partial charge in [0.25, 0.3) is 0 Å². The highest BCUT2D eigenvalue weighted by molar-refractivity contribution is 5.83. The van der Waals surface area contributed by atoms with E-state index in [-0.39, 0.29) is 18.1 Å². The number of carboxylic acid groups (broad SMARTS) is 1. The van der Waals surface area contributed by atoms with Gasteiger partial charge in [-0.25, -0.2) is 9.59 Å². The van der Waals surface area contributed by atoms with Crippen LogP contribution in [0.2, 0.25) is 0 Å². The number of piperidine rings is 1. The van der Waals surface area contributed by atoms with E-state index in [2.05, 4.69) is 0 Å². The number of carbonyl (C=O) groups excluding carboxylic acids is 1. The van der Waals surface area contributed by atoms with Crippen LogP contribution >= 0.6 is 0 Å². The molecule has 2 rings (SSSR count). The zero-order valence-corrected chi connectivity index (χ0v) is 11.5. The van der Waals surface area contributed by atoms with E-state index in [1.54, 1.807) is 12.0 Å². The van der Waals surface area contributed by atoms with Crippen LogP contribution < -0.4 is 0 Å². The lowest BCUT2D eigenvalue weighted by molar-refractivity contribution is -0.142. The fourth-order valence-corrected chi connectivity index (χ4v) is 3.00. The molecule has 0 aromatic rings. The van der Waals surface area contributed by atoms with Gasteiger partial charge in [0.2, 0.25) is 0 Å². The Bertz CT molecular complexity index is 353. The largest absolute Gasteiger partial charge is 0.480 e. The number of likely N-dealkylation sites (tertiary alicyclic amines) is 2. The predicted octanol–water partition coefficient (Wildman–Crippen LogP) is 1.01. The quantitative estimate of drug-likeness (QED) is 0.813. The fourth-order valence-electron chi connectivity index (χ4n) is 3.00. The predicted molar refractivity (Wildman–Crippen MR) is 68.9 cm³/mol. The van der Waals surface area contributed by atoms with Crippen molar-refractivity contribution in [2.24, 2.45) is 5.92 Å². The lowest BCUT2D eigenvalue weighted by atomic mass is 10.0. The molecule has 0 aromatic carbocycles. The SMILES string of the molecule is COC1CCN(C(=O)N2CCC(C)C2C(=O)O)CC1. The number of carboxylic acids is 1. The van der Waals surface area contributed by atoms with Crippen molar-refractivity contribution in [3.8, 4) is 0 Å². The number of aliphatic carboxylic acids is 1. The van der Waals surface area contributed by atoms with Gasteiger partial charge in [0.05, 0.1) is 6.10 Å². The minimum atomic E-state index is -0.898. The molecule has 6 heteroatoms. The van der Waals surface area contributed by atoms with Gasteiger partial charge in [-0.2, -0.15) is 0 Å². The molecule has 19 heavy (non-hydrogen) atoms. The molecule has 0 aromatic heterocycles. The summed E-state index contributed by atoms with van der Waals surface area (Å²) in [5.74, 6) is -0.872. The first-order valence-corrected chi connectivity index (χ1v) is 6.85. The van der Waals surface area contributed by atoms with Gasteiger partial charge < -0.3 is 19.6 Å². The molecule has 0 aliphatic carbocycles. The number of rotatable bonds is 2. The van der Waals surface area contributed by atoms with E-state index >= 15 is 0 Å². The number of nitrogens with zero attached hydrogens (tertiary/aromatic N) is 2. The van der Waals surface area contributed by atoms with E-state index in [1.165, 1.54) is 4.90 Å². The maximum absolute atomic E-state index is 12.4. The van der Waals surface area contributed by atoms with Gasteiger partial charge in [-0.3, -0.25) is 0 Å². The molecule has 108 valence electrons. The number of hydrogen-bond donors (Lipinski definition) is 1. The number of hydrogen-bond acceptors (Lipinski definition) is 3. The molecule has 2 amide bonds. The zero-order valence-electron chi connectivity index (χ0n) is 11.5. The van der Waals surface area contributed by atoms with E-state index in [0.717, 1.165) is 19.3 Å². The number of urea groups is 1. The summed E-state index contributed by atoms with van der Waals surface area (Å²) in [4.78, 5) is 26.9. The highest BCUT2D eigenvalue weighted by atomic mass is 16.5. The van der Waals surface area contributed by atoms with Crippen molar-refractivity contribution < 1.29 is 19.4 Å². The molecule has 2 fully saturated rings. The van der Waals surface area contributed by atoms with Crippen LogP contribution in [-0.2, 0) is 9.53 Å². The summed E-state index contributed by atoms with van der Waals surface area (Å²) in [5, 5.41) is 9.25. The molecule has 0 spiro atoms. The third-order valence-corrected chi connectivity index (χ3v) is 4.24. The Morgan fingerprint density at radius 2 is 1.79 bits per heavy atom. The smallest absolute Gasteiger partial charge is 0.326 e. The Balaban J connectivity index is 1.98. The van der Waals surface area contributed by atoms with Gasteiger partial charge in [-0.1, -0.05) is 6.92 Å². The lowest BCUT2D eigenvalue weighted by Gasteiger charge is -2.35. The van der Waals surface area contributed by atoms with Gasteiger partial charge in [0, 0.05) is 26.7 Å². The van der Waals surface area contributed by atoms with Crippen molar-refractivity contribution >= 4 is 12.0 Å². The summed E-state index contributed by atoms with van der Waals surface area (Å²) < 4.78 is 5.28. The van der Waals surface area contributed by atoms with Crippen LogP contribution in [0.1, 0.15) is 26.2 Å². The van der Waals surface area contributed by atoms with Gasteiger partial charge in [0.15, 0.2) is 0 Å². The van der Waals surface area contributed by atoms with Gasteiger partial charge in [-0.15, -0.1) is 0 Å². The molecule has 1 N–H and O–H groups in total. The molecule has 6 nitrogen and oxygen atoms in total. The van der Waals surface area contributed by atoms with Gasteiger partial charge >= 0.3 is 12.0 Å². The van der Waals surface area contributed by atoms with Crippen LogP contribution in [0.15, 0.2) is 0 Å². The van der Waals surface area contributed by atoms with Crippen LogP contribution in [-0.4, -0.2) is 65.8 Å². The van der Waals surface area contributed by atoms with Crippen molar-refractivity contribution in [2.75, 3.05) is 26.7 Å². The van der Waals surface area contributed by atoms with Crippen molar-refractivity contribution in [1.29, 1.82) is 0 Å². The van der Waals surface area contributed by atoms with Crippen LogP contribution in [0.3, 0.4) is 0 Å². The fraction of sp³-hybridized carbons (Fsp3) is 0.846. The van der Waals surface area contributed by atoms with Crippen molar-refractivity contribution in [1.82, 2.24) is 9.80 Å². The first-order valence-electron chi connectivity index (χ1n) is 6.85. The summed E-state index contributed by atoms with van der Waals surface area (Å²) in [5.41, 5.74) is 0. The van der Waals surface area contributed by atoms with Crippen LogP contribution in [0, 0.1) is 5.92 Å². The Hall–Kier alpha value is -1.30. The van der Waals surface area contributed by atoms with E-state index < -0.39 is 12.0 Å². The molecule has 2 unspecified atom stereocenters. The molecule has 0 saturated carbocycles. The van der Waals surface area contributed by atoms with Crippen molar-refractivity contribution in [2.45, 2.75) is 38.3 Å². The summed E-state index contributed by atoms with van der Waals surface area (Å²) in [6.07, 6.45) is 2.63. The average molecular weight is 270 g/mol. The minimum absolute atomic E-state index is 0.0259. The monoisotopic (exact) mass is 270 g/mol. The topological polar surface area (TPSA) is 70.1 Å². The van der Waals surface area contributed by atoms with Crippen LogP contribution in [0.5, 0.6) is 0 Å². The second-order valence-corrected chi connectivity index (χ2v) is 5.45. The molecular formula is C13H22N2O4. The Labute approximate surface area is 113 Å². The van der Waals surface area contributed by atoms with E-state index in [9.17, 15) is 14.7 Å². The zero-order chi connectivity index (χ0) is 14.0. The van der Waals surface area contributed by atoms with E-state index in [4.69, 9.17) is 4.74 Å². The molecule has 2 heterocycles. The highest BCUT2D eigenvalue weighted by Gasteiger charge is 2.41. The molecule has 0 radical (unpaired) electrons. The summed E-state index contributed by atoms with van der Waals surface area (Å²) >= 11 is 0. The summed E-state index contributed by atoms with van der Waals surface area (Å²) in [6.45, 7) is 3.73. The third-order valence-electron chi connectivity index (χ3n) is 4.24. The Kier molecular flexibility index (Phi) is 4.29. The van der Waals surface area contributed by atoms with Crippen molar-refractivity contribution in [3.05, 3.63) is 0 Å². The maximum Gasteiger partial charge on any atom is 0.326 e. The number of amides is 2. The second-order valence-electron chi connectivity index (χ2n) is 5.45. The van der Waals surface area contributed by atoms with E-state index in [0.29, 0.717) is 19.6 Å².